The maximum absolute atomic E-state index is 12.3. The van der Waals surface area contributed by atoms with E-state index in [-0.39, 0.29) is 5.91 Å². The molecule has 6 heteroatoms. The molecular weight excluding hydrogens is 474 g/mol. The Bertz CT molecular complexity index is 1330. The summed E-state index contributed by atoms with van der Waals surface area (Å²) in [5, 5.41) is 3.01. The molecule has 0 saturated heterocycles. The average Bonchev–Trinajstić information content (AvgIpc) is 3.31. The molecule has 1 aromatic heterocycles. The molecule has 0 aliphatic carbocycles. The van der Waals surface area contributed by atoms with Gasteiger partial charge in [0.05, 0.1) is 24.8 Å². The van der Waals surface area contributed by atoms with Crippen LogP contribution in [0.15, 0.2) is 85.5 Å². The highest BCUT2D eigenvalue weighted by molar-refractivity contribution is 5.94. The number of nitrogens with zero attached hydrogens (tertiary/aromatic N) is 2. The van der Waals surface area contributed by atoms with Crippen molar-refractivity contribution in [1.82, 2.24) is 14.9 Å². The Labute approximate surface area is 225 Å². The molecule has 6 nitrogen and oxygen atoms in total. The molecule has 4 aromatic rings. The first-order chi connectivity index (χ1) is 18.7. The van der Waals surface area contributed by atoms with Crippen molar-refractivity contribution in [2.45, 2.75) is 45.1 Å². The second-order valence-electron chi connectivity index (χ2n) is 9.27. The van der Waals surface area contributed by atoms with E-state index < -0.39 is 0 Å². The fourth-order valence-corrected chi connectivity index (χ4v) is 4.57. The van der Waals surface area contributed by atoms with Gasteiger partial charge in [0.1, 0.15) is 17.3 Å². The molecule has 0 aliphatic heterocycles. The van der Waals surface area contributed by atoms with Crippen LogP contribution >= 0.6 is 0 Å². The Morgan fingerprint density at radius 3 is 2.58 bits per heavy atom. The van der Waals surface area contributed by atoms with Crippen molar-refractivity contribution in [2.24, 2.45) is 0 Å². The molecule has 198 valence electrons. The Balaban J connectivity index is 1.24. The topological polar surface area (TPSA) is 65.4 Å². The molecule has 3 aromatic carbocycles. The number of carbonyl (C=O) groups is 1. The minimum absolute atomic E-state index is 0.0521. The van der Waals surface area contributed by atoms with Crippen LogP contribution in [0.2, 0.25) is 0 Å². The van der Waals surface area contributed by atoms with Crippen molar-refractivity contribution in [3.63, 3.8) is 0 Å². The summed E-state index contributed by atoms with van der Waals surface area (Å²) in [5.74, 6) is 2.74. The Hall–Kier alpha value is -4.06. The summed E-state index contributed by atoms with van der Waals surface area (Å²) in [6, 6.07) is 23.6. The standard InChI is InChI=1S/C32H37N3O3/c1-3-12-25-13-6-9-16-30(25)38-24-11-23-35-29-15-8-7-14-28(29)34-31(35)17-5-4-10-22-33-32(36)26-18-20-27(37-2)21-19-26/h3,6-9,13-16,18-21H,1,4-5,10-12,17,22-24H2,2H3,(H,33,36). The number of unbranched alkanes of at least 4 members (excludes halogenated alkanes) is 2. The van der Waals surface area contributed by atoms with Crippen LogP contribution in [0.4, 0.5) is 0 Å². The number of rotatable bonds is 15. The molecule has 0 bridgehead atoms. The normalized spacial score (nSPS) is 10.9. The summed E-state index contributed by atoms with van der Waals surface area (Å²) >= 11 is 0. The number of hydrogen-bond acceptors (Lipinski definition) is 4. The Morgan fingerprint density at radius 1 is 0.974 bits per heavy atom. The highest BCUT2D eigenvalue weighted by Gasteiger charge is 2.11. The summed E-state index contributed by atoms with van der Waals surface area (Å²) < 4.78 is 13.6. The third-order valence-electron chi connectivity index (χ3n) is 6.57. The monoisotopic (exact) mass is 511 g/mol. The number of carbonyl (C=O) groups excluding carboxylic acids is 1. The van der Waals surface area contributed by atoms with Crippen molar-refractivity contribution in [3.8, 4) is 11.5 Å². The van der Waals surface area contributed by atoms with E-state index in [9.17, 15) is 4.79 Å². The minimum Gasteiger partial charge on any atom is -0.497 e. The Kier molecular flexibility index (Phi) is 9.96. The van der Waals surface area contributed by atoms with Gasteiger partial charge in [-0.2, -0.15) is 0 Å². The van der Waals surface area contributed by atoms with E-state index in [1.54, 1.807) is 31.4 Å². The number of para-hydroxylation sites is 3. The Morgan fingerprint density at radius 2 is 1.76 bits per heavy atom. The van der Waals surface area contributed by atoms with E-state index in [2.05, 4.69) is 40.7 Å². The molecule has 0 fully saturated rings. The number of methoxy groups -OCH3 is 1. The van der Waals surface area contributed by atoms with Crippen LogP contribution in [0.1, 0.15) is 47.4 Å². The summed E-state index contributed by atoms with van der Waals surface area (Å²) in [4.78, 5) is 17.2. The third-order valence-corrected chi connectivity index (χ3v) is 6.57. The van der Waals surface area contributed by atoms with Gasteiger partial charge in [0.2, 0.25) is 0 Å². The molecule has 0 radical (unpaired) electrons. The fraction of sp³-hybridized carbons (Fsp3) is 0.312. The number of aryl methyl sites for hydroxylation is 2. The predicted octanol–water partition coefficient (Wildman–Crippen LogP) is 6.39. The highest BCUT2D eigenvalue weighted by Crippen LogP contribution is 2.21. The van der Waals surface area contributed by atoms with Gasteiger partial charge in [0.15, 0.2) is 0 Å². The lowest BCUT2D eigenvalue weighted by Crippen LogP contribution is -2.24. The molecule has 0 spiro atoms. The number of ether oxygens (including phenoxy) is 2. The van der Waals surface area contributed by atoms with Crippen LogP contribution in [-0.2, 0) is 19.4 Å². The fourth-order valence-electron chi connectivity index (χ4n) is 4.57. The minimum atomic E-state index is -0.0521. The summed E-state index contributed by atoms with van der Waals surface area (Å²) in [6.07, 6.45) is 7.48. The second kappa shape index (κ2) is 14.0. The first-order valence-corrected chi connectivity index (χ1v) is 13.4. The van der Waals surface area contributed by atoms with Crippen LogP contribution in [-0.4, -0.2) is 35.7 Å². The molecular formula is C32H37N3O3. The molecule has 0 aliphatic rings. The predicted molar refractivity (Wildman–Crippen MR) is 153 cm³/mol. The molecule has 1 heterocycles. The average molecular weight is 512 g/mol. The van der Waals surface area contributed by atoms with Gasteiger partial charge < -0.3 is 19.4 Å². The highest BCUT2D eigenvalue weighted by atomic mass is 16.5. The maximum Gasteiger partial charge on any atom is 0.251 e. The number of benzene rings is 3. The number of imidazole rings is 1. The quantitative estimate of drug-likeness (QED) is 0.148. The number of hydrogen-bond donors (Lipinski definition) is 1. The summed E-state index contributed by atoms with van der Waals surface area (Å²) in [7, 11) is 1.62. The molecule has 4 rings (SSSR count). The third kappa shape index (κ3) is 7.25. The van der Waals surface area contributed by atoms with Gasteiger partial charge in [-0.15, -0.1) is 6.58 Å². The van der Waals surface area contributed by atoms with Crippen molar-refractivity contribution in [3.05, 3.63) is 102 Å². The largest absolute Gasteiger partial charge is 0.497 e. The van der Waals surface area contributed by atoms with Crippen molar-refractivity contribution in [2.75, 3.05) is 20.3 Å². The number of allylic oxidation sites excluding steroid dienone is 1. The van der Waals surface area contributed by atoms with E-state index >= 15 is 0 Å². The van der Waals surface area contributed by atoms with Crippen LogP contribution < -0.4 is 14.8 Å². The van der Waals surface area contributed by atoms with Gasteiger partial charge >= 0.3 is 0 Å². The van der Waals surface area contributed by atoms with E-state index in [0.717, 1.165) is 73.5 Å². The van der Waals surface area contributed by atoms with Crippen LogP contribution in [0.3, 0.4) is 0 Å². The first-order valence-electron chi connectivity index (χ1n) is 13.4. The van der Waals surface area contributed by atoms with Crippen LogP contribution in [0, 0.1) is 0 Å². The van der Waals surface area contributed by atoms with Crippen molar-refractivity contribution < 1.29 is 14.3 Å². The van der Waals surface area contributed by atoms with E-state index in [1.165, 1.54) is 5.52 Å². The van der Waals surface area contributed by atoms with Gasteiger partial charge in [-0.1, -0.05) is 42.8 Å². The van der Waals surface area contributed by atoms with Crippen LogP contribution in [0.5, 0.6) is 11.5 Å². The zero-order valence-corrected chi connectivity index (χ0v) is 22.2. The van der Waals surface area contributed by atoms with Gasteiger partial charge in [-0.05, 0) is 73.7 Å². The van der Waals surface area contributed by atoms with E-state index in [4.69, 9.17) is 14.5 Å². The molecule has 1 amide bonds. The van der Waals surface area contributed by atoms with Crippen LogP contribution in [0.25, 0.3) is 11.0 Å². The van der Waals surface area contributed by atoms with E-state index in [0.29, 0.717) is 18.7 Å². The molecule has 0 atom stereocenters. The zero-order chi connectivity index (χ0) is 26.6. The first kappa shape index (κ1) is 27.0. The maximum atomic E-state index is 12.3. The smallest absolute Gasteiger partial charge is 0.251 e. The molecule has 0 saturated carbocycles. The zero-order valence-electron chi connectivity index (χ0n) is 22.2. The van der Waals surface area contributed by atoms with E-state index in [1.807, 2.05) is 30.3 Å². The van der Waals surface area contributed by atoms with Gasteiger partial charge in [0.25, 0.3) is 5.91 Å². The molecule has 38 heavy (non-hydrogen) atoms. The number of aromatic nitrogens is 2. The summed E-state index contributed by atoms with van der Waals surface area (Å²) in [6.45, 7) is 6.01. The van der Waals surface area contributed by atoms with Gasteiger partial charge in [0, 0.05) is 25.1 Å². The molecule has 0 unspecified atom stereocenters. The number of amides is 1. The van der Waals surface area contributed by atoms with Crippen molar-refractivity contribution >= 4 is 16.9 Å². The van der Waals surface area contributed by atoms with Gasteiger partial charge in [-0.25, -0.2) is 4.98 Å². The lowest BCUT2D eigenvalue weighted by atomic mass is 10.1. The number of nitrogens with one attached hydrogen (secondary N) is 1. The lowest BCUT2D eigenvalue weighted by Gasteiger charge is -2.12. The second-order valence-corrected chi connectivity index (χ2v) is 9.27. The lowest BCUT2D eigenvalue weighted by molar-refractivity contribution is 0.0953. The van der Waals surface area contributed by atoms with Gasteiger partial charge in [-0.3, -0.25) is 4.79 Å². The number of fused-ring (bicyclic) bond motifs is 1. The van der Waals surface area contributed by atoms with Crippen molar-refractivity contribution in [1.29, 1.82) is 0 Å². The molecule has 1 N–H and O–H groups in total. The SMILES string of the molecule is C=CCc1ccccc1OCCCn1c(CCCCCNC(=O)c2ccc(OC)cc2)nc2ccccc21. The summed E-state index contributed by atoms with van der Waals surface area (Å²) in [5.41, 5.74) is 4.01.